The molecule has 0 aliphatic carbocycles. The van der Waals surface area contributed by atoms with Gasteiger partial charge < -0.3 is 29.7 Å². The van der Waals surface area contributed by atoms with Crippen molar-refractivity contribution in [2.45, 2.75) is 79.1 Å². The van der Waals surface area contributed by atoms with Crippen molar-refractivity contribution in [2.24, 2.45) is 10.8 Å². The summed E-state index contributed by atoms with van der Waals surface area (Å²) in [6, 6.07) is -1.17. The highest BCUT2D eigenvalue weighted by Gasteiger charge is 2.48. The third-order valence-electron chi connectivity index (χ3n) is 3.91. The number of nitrogens with one attached hydrogen (secondary N) is 1. The first-order valence-electron chi connectivity index (χ1n) is 8.81. The fourth-order valence-corrected chi connectivity index (χ4v) is 2.27. The molecule has 1 unspecified atom stereocenters. The number of aliphatic hydroxyl groups excluding tert-OH is 2. The largest absolute Gasteiger partial charge is 0.462 e. The summed E-state index contributed by atoms with van der Waals surface area (Å²) in [7, 11) is 0. The number of aliphatic hydroxyl groups is 2. The van der Waals surface area contributed by atoms with Gasteiger partial charge in [-0.15, -0.1) is 0 Å². The quantitative estimate of drug-likeness (QED) is 0.578. The van der Waals surface area contributed by atoms with Gasteiger partial charge in [0, 0.05) is 6.92 Å². The van der Waals surface area contributed by atoms with Crippen LogP contribution < -0.4 is 5.32 Å². The van der Waals surface area contributed by atoms with E-state index in [1.54, 1.807) is 41.5 Å². The molecule has 0 spiro atoms. The summed E-state index contributed by atoms with van der Waals surface area (Å²) < 4.78 is 15.8. The van der Waals surface area contributed by atoms with E-state index in [9.17, 15) is 24.6 Å². The molecule has 1 heterocycles. The monoisotopic (exact) mass is 389 g/mol. The topological polar surface area (TPSA) is 131 Å². The van der Waals surface area contributed by atoms with Crippen molar-refractivity contribution >= 4 is 17.8 Å². The van der Waals surface area contributed by atoms with Gasteiger partial charge in [-0.2, -0.15) is 0 Å². The Kier molecular flexibility index (Phi) is 7.37. The van der Waals surface area contributed by atoms with Crippen LogP contribution in [-0.4, -0.2) is 65.3 Å². The second kappa shape index (κ2) is 8.53. The smallest absolute Gasteiger partial charge is 0.311 e. The van der Waals surface area contributed by atoms with Crippen LogP contribution in [0.3, 0.4) is 0 Å². The fraction of sp³-hybridized carbons (Fsp3) is 0.833. The average molecular weight is 389 g/mol. The van der Waals surface area contributed by atoms with Crippen LogP contribution in [0.4, 0.5) is 0 Å². The molecule has 27 heavy (non-hydrogen) atoms. The maximum absolute atomic E-state index is 12.3. The van der Waals surface area contributed by atoms with E-state index >= 15 is 0 Å². The molecule has 3 N–H and O–H groups in total. The van der Waals surface area contributed by atoms with Gasteiger partial charge in [0.2, 0.25) is 5.91 Å². The normalized spacial score (nSPS) is 29.0. The summed E-state index contributed by atoms with van der Waals surface area (Å²) in [6.07, 6.45) is -5.39. The molecule has 0 aromatic rings. The number of rotatable bonds is 4. The summed E-state index contributed by atoms with van der Waals surface area (Å²) in [5.41, 5.74) is -1.62. The molecule has 1 aliphatic heterocycles. The van der Waals surface area contributed by atoms with Crippen LogP contribution in [0.15, 0.2) is 0 Å². The van der Waals surface area contributed by atoms with Crippen LogP contribution in [0.1, 0.15) is 48.5 Å². The molecule has 1 rings (SSSR count). The van der Waals surface area contributed by atoms with Gasteiger partial charge in [-0.3, -0.25) is 14.4 Å². The standard InChI is InChI=1S/C18H31NO8/c1-9(20)19-11-13(27-16(24)18(5,6)7)12(21)10(26-14(11)22)8-25-15(23)17(2,3)4/h10-14,21-22H,8H2,1-7H3,(H,19,20)/t10-,11-,12-,13-,14?/m1/s1. The molecular formula is C18H31NO8. The third-order valence-corrected chi connectivity index (χ3v) is 3.91. The molecule has 1 saturated heterocycles. The van der Waals surface area contributed by atoms with Gasteiger partial charge in [0.05, 0.1) is 10.8 Å². The zero-order valence-corrected chi connectivity index (χ0v) is 16.9. The molecule has 0 aromatic carbocycles. The molecular weight excluding hydrogens is 358 g/mol. The molecule has 9 heteroatoms. The number of hydrogen-bond acceptors (Lipinski definition) is 8. The van der Waals surface area contributed by atoms with Crippen molar-refractivity contribution in [3.05, 3.63) is 0 Å². The van der Waals surface area contributed by atoms with Crippen molar-refractivity contribution in [1.29, 1.82) is 0 Å². The molecule has 0 aromatic heterocycles. The maximum atomic E-state index is 12.3. The second-order valence-electron chi connectivity index (χ2n) is 8.75. The molecule has 5 atom stereocenters. The summed E-state index contributed by atoms with van der Waals surface area (Å²) in [4.78, 5) is 35.6. The first-order valence-corrected chi connectivity index (χ1v) is 8.81. The predicted molar refractivity (Wildman–Crippen MR) is 94.2 cm³/mol. The molecule has 0 bridgehead atoms. The lowest BCUT2D eigenvalue weighted by Gasteiger charge is -2.43. The molecule has 1 amide bonds. The Balaban J connectivity index is 2.98. The minimum atomic E-state index is -1.56. The van der Waals surface area contributed by atoms with Crippen LogP contribution in [-0.2, 0) is 28.6 Å². The molecule has 0 saturated carbocycles. The Bertz CT molecular complexity index is 563. The van der Waals surface area contributed by atoms with E-state index < -0.39 is 59.3 Å². The third kappa shape index (κ3) is 6.44. The van der Waals surface area contributed by atoms with Gasteiger partial charge >= 0.3 is 11.9 Å². The van der Waals surface area contributed by atoms with E-state index in [0.29, 0.717) is 0 Å². The van der Waals surface area contributed by atoms with E-state index in [-0.39, 0.29) is 6.61 Å². The maximum Gasteiger partial charge on any atom is 0.311 e. The van der Waals surface area contributed by atoms with E-state index in [1.165, 1.54) is 6.92 Å². The van der Waals surface area contributed by atoms with Crippen LogP contribution >= 0.6 is 0 Å². The minimum absolute atomic E-state index is 0.343. The van der Waals surface area contributed by atoms with Crippen molar-refractivity contribution in [3.63, 3.8) is 0 Å². The molecule has 0 radical (unpaired) electrons. The van der Waals surface area contributed by atoms with E-state index in [2.05, 4.69) is 5.32 Å². The summed E-state index contributed by atoms with van der Waals surface area (Å²) in [5.74, 6) is -1.63. The highest BCUT2D eigenvalue weighted by molar-refractivity contribution is 5.76. The second-order valence-corrected chi connectivity index (χ2v) is 8.75. The minimum Gasteiger partial charge on any atom is -0.462 e. The summed E-state index contributed by atoms with van der Waals surface area (Å²) in [6.45, 7) is 10.8. The predicted octanol–water partition coefficient (Wildman–Crippen LogP) is 0.116. The van der Waals surface area contributed by atoms with Crippen LogP contribution in [0, 0.1) is 10.8 Å². The van der Waals surface area contributed by atoms with Crippen molar-refractivity contribution in [1.82, 2.24) is 5.32 Å². The number of carbonyl (C=O) groups is 3. The Hall–Kier alpha value is -1.71. The number of carbonyl (C=O) groups excluding carboxylic acids is 3. The Labute approximate surface area is 159 Å². The fourth-order valence-electron chi connectivity index (χ4n) is 2.27. The lowest BCUT2D eigenvalue weighted by Crippen LogP contribution is -2.65. The summed E-state index contributed by atoms with van der Waals surface area (Å²) >= 11 is 0. The van der Waals surface area contributed by atoms with E-state index in [0.717, 1.165) is 0 Å². The average Bonchev–Trinajstić information content (AvgIpc) is 2.49. The number of esters is 2. The lowest BCUT2D eigenvalue weighted by atomic mass is 9.94. The highest BCUT2D eigenvalue weighted by atomic mass is 16.6. The van der Waals surface area contributed by atoms with Crippen molar-refractivity contribution < 1.29 is 38.8 Å². The number of hydrogen-bond donors (Lipinski definition) is 3. The Morgan fingerprint density at radius 3 is 1.96 bits per heavy atom. The molecule has 9 nitrogen and oxygen atoms in total. The van der Waals surface area contributed by atoms with Gasteiger partial charge in [0.25, 0.3) is 0 Å². The number of amides is 1. The Morgan fingerprint density at radius 2 is 1.52 bits per heavy atom. The zero-order valence-electron chi connectivity index (χ0n) is 16.9. The van der Waals surface area contributed by atoms with Gasteiger partial charge in [-0.05, 0) is 41.5 Å². The van der Waals surface area contributed by atoms with E-state index in [1.807, 2.05) is 0 Å². The number of ether oxygens (including phenoxy) is 3. The molecule has 1 fully saturated rings. The van der Waals surface area contributed by atoms with Crippen molar-refractivity contribution in [3.8, 4) is 0 Å². The summed E-state index contributed by atoms with van der Waals surface area (Å²) in [5, 5.41) is 23.3. The van der Waals surface area contributed by atoms with Crippen molar-refractivity contribution in [2.75, 3.05) is 6.61 Å². The van der Waals surface area contributed by atoms with Gasteiger partial charge in [0.15, 0.2) is 12.4 Å². The zero-order chi connectivity index (χ0) is 21.2. The van der Waals surface area contributed by atoms with Crippen LogP contribution in [0.25, 0.3) is 0 Å². The SMILES string of the molecule is CC(=O)N[C@H]1C(O)O[C@H](COC(=O)C(C)(C)C)[C@@H](O)[C@@H]1OC(=O)C(C)(C)C. The van der Waals surface area contributed by atoms with Crippen LogP contribution in [0.5, 0.6) is 0 Å². The van der Waals surface area contributed by atoms with Crippen LogP contribution in [0.2, 0.25) is 0 Å². The Morgan fingerprint density at radius 1 is 1.00 bits per heavy atom. The highest BCUT2D eigenvalue weighted by Crippen LogP contribution is 2.27. The van der Waals surface area contributed by atoms with Gasteiger partial charge in [-0.25, -0.2) is 0 Å². The first-order chi connectivity index (χ1) is 12.1. The van der Waals surface area contributed by atoms with E-state index in [4.69, 9.17) is 14.2 Å². The van der Waals surface area contributed by atoms with Gasteiger partial charge in [-0.1, -0.05) is 0 Å². The molecule has 156 valence electrons. The molecule has 1 aliphatic rings. The van der Waals surface area contributed by atoms with Gasteiger partial charge in [0.1, 0.15) is 24.9 Å². The first kappa shape index (κ1) is 23.3. The lowest BCUT2D eigenvalue weighted by molar-refractivity contribution is -0.262.